The Balaban J connectivity index is 2.05. The van der Waals surface area contributed by atoms with E-state index in [0.717, 1.165) is 24.3 Å². The molecule has 17 heavy (non-hydrogen) atoms. The third-order valence-electron chi connectivity index (χ3n) is 2.93. The van der Waals surface area contributed by atoms with Crippen molar-refractivity contribution < 1.29 is 14.3 Å². The number of furan rings is 1. The van der Waals surface area contributed by atoms with Crippen LogP contribution >= 0.6 is 0 Å². The Morgan fingerprint density at radius 3 is 3.12 bits per heavy atom. The van der Waals surface area contributed by atoms with Gasteiger partial charge in [0.05, 0.1) is 12.6 Å². The molecule has 0 spiro atoms. The number of likely N-dealkylation sites (tertiary alicyclic amines) is 1. The van der Waals surface area contributed by atoms with Gasteiger partial charge in [0.15, 0.2) is 5.76 Å². The summed E-state index contributed by atoms with van der Waals surface area (Å²) in [6, 6.07) is 1.83. The maximum absolute atomic E-state index is 11.4. The van der Waals surface area contributed by atoms with Gasteiger partial charge in [0, 0.05) is 18.7 Å². The van der Waals surface area contributed by atoms with Gasteiger partial charge in [-0.05, 0) is 19.4 Å². The molecule has 94 valence electrons. The maximum Gasteiger partial charge on any atom is 0.301 e. The number of aryl methyl sites for hydroxylation is 1. The molecule has 2 heterocycles. The van der Waals surface area contributed by atoms with E-state index >= 15 is 0 Å². The Morgan fingerprint density at radius 2 is 2.53 bits per heavy atom. The topological polar surface area (TPSA) is 91.7 Å². The normalized spacial score (nSPS) is 20.8. The van der Waals surface area contributed by atoms with E-state index in [4.69, 9.17) is 10.3 Å². The molecule has 0 bridgehead atoms. The molecule has 0 saturated carbocycles. The predicted octanol–water partition coefficient (Wildman–Crippen LogP) is -0.242. The van der Waals surface area contributed by atoms with E-state index in [-0.39, 0.29) is 11.9 Å². The van der Waals surface area contributed by atoms with E-state index in [1.54, 1.807) is 6.92 Å². The summed E-state index contributed by atoms with van der Waals surface area (Å²) in [6.45, 7) is 3.91. The highest BCUT2D eigenvalue weighted by atomic mass is 16.4. The van der Waals surface area contributed by atoms with Crippen LogP contribution in [0.25, 0.3) is 0 Å². The molecule has 1 aliphatic rings. The number of β-amino-alcohol motifs (C(OH)–C–C–N with tert-alkyl or cyclic N) is 1. The molecule has 1 fully saturated rings. The smallest absolute Gasteiger partial charge is 0.301 e. The molecule has 0 aliphatic carbocycles. The second-order valence-corrected chi connectivity index (χ2v) is 4.38. The molecule has 1 aromatic heterocycles. The first kappa shape index (κ1) is 12.1. The number of rotatable bonds is 3. The Morgan fingerprint density at radius 1 is 1.76 bits per heavy atom. The van der Waals surface area contributed by atoms with E-state index in [1.807, 2.05) is 11.5 Å². The molecule has 0 radical (unpaired) electrons. The minimum atomic E-state index is -0.421. The fourth-order valence-electron chi connectivity index (χ4n) is 2.09. The third-order valence-corrected chi connectivity index (χ3v) is 2.93. The van der Waals surface area contributed by atoms with Gasteiger partial charge in [0.2, 0.25) is 0 Å². The summed E-state index contributed by atoms with van der Waals surface area (Å²) in [6.07, 6.45) is 0.536. The molecule has 1 aliphatic heterocycles. The first-order valence-electron chi connectivity index (χ1n) is 5.61. The van der Waals surface area contributed by atoms with Crippen LogP contribution in [0, 0.1) is 6.92 Å². The van der Waals surface area contributed by atoms with E-state index in [1.165, 1.54) is 0 Å². The largest absolute Gasteiger partial charge is 0.454 e. The first-order chi connectivity index (χ1) is 8.10. The van der Waals surface area contributed by atoms with Crippen molar-refractivity contribution in [1.29, 1.82) is 0 Å². The Labute approximate surface area is 99.3 Å². The summed E-state index contributed by atoms with van der Waals surface area (Å²) >= 11 is 0. The monoisotopic (exact) mass is 239 g/mol. The van der Waals surface area contributed by atoms with Crippen molar-refractivity contribution in [3.63, 3.8) is 0 Å². The number of hydrogen-bond donors (Lipinski definition) is 3. The number of carbonyl (C=O) groups excluding carboxylic acids is 1. The zero-order valence-electron chi connectivity index (χ0n) is 9.77. The van der Waals surface area contributed by atoms with Gasteiger partial charge in [-0.25, -0.2) is 5.84 Å². The van der Waals surface area contributed by atoms with Crippen LogP contribution in [0.5, 0.6) is 0 Å². The predicted molar refractivity (Wildman–Crippen MR) is 61.0 cm³/mol. The SMILES string of the molecule is Cc1cc(CN2CCC(O)C2)oc1C(=O)NN. The molecular weight excluding hydrogens is 222 g/mol. The molecule has 1 saturated heterocycles. The summed E-state index contributed by atoms with van der Waals surface area (Å²) in [5, 5.41) is 9.41. The van der Waals surface area contributed by atoms with Crippen molar-refractivity contribution in [3.8, 4) is 0 Å². The number of carbonyl (C=O) groups is 1. The highest BCUT2D eigenvalue weighted by molar-refractivity contribution is 5.92. The summed E-state index contributed by atoms with van der Waals surface area (Å²) in [4.78, 5) is 13.4. The van der Waals surface area contributed by atoms with Crippen LogP contribution in [0.1, 0.15) is 28.3 Å². The molecule has 1 atom stereocenters. The second-order valence-electron chi connectivity index (χ2n) is 4.38. The first-order valence-corrected chi connectivity index (χ1v) is 5.61. The summed E-state index contributed by atoms with van der Waals surface area (Å²) in [5.74, 6) is 5.61. The number of aliphatic hydroxyl groups excluding tert-OH is 1. The quantitative estimate of drug-likeness (QED) is 0.384. The van der Waals surface area contributed by atoms with Crippen molar-refractivity contribution in [2.75, 3.05) is 13.1 Å². The Kier molecular flexibility index (Phi) is 3.46. The molecule has 2 rings (SSSR count). The van der Waals surface area contributed by atoms with Crippen molar-refractivity contribution in [1.82, 2.24) is 10.3 Å². The van der Waals surface area contributed by atoms with Crippen LogP contribution in [0.15, 0.2) is 10.5 Å². The van der Waals surface area contributed by atoms with Gasteiger partial charge in [0.1, 0.15) is 5.76 Å². The minimum Gasteiger partial charge on any atom is -0.454 e. The zero-order chi connectivity index (χ0) is 12.4. The molecule has 0 aromatic carbocycles. The molecule has 6 nitrogen and oxygen atoms in total. The number of nitrogen functional groups attached to an aromatic ring is 1. The number of amides is 1. The lowest BCUT2D eigenvalue weighted by molar-refractivity contribution is 0.0921. The van der Waals surface area contributed by atoms with Crippen LogP contribution < -0.4 is 11.3 Å². The number of aliphatic hydroxyl groups is 1. The van der Waals surface area contributed by atoms with E-state index in [9.17, 15) is 9.90 Å². The average molecular weight is 239 g/mol. The molecule has 1 aromatic rings. The number of hydrogen-bond acceptors (Lipinski definition) is 5. The standard InChI is InChI=1S/C11H17N3O3/c1-7-4-9(17-10(7)11(16)13-12)6-14-3-2-8(15)5-14/h4,8,15H,2-3,5-6,12H2,1H3,(H,13,16). The third kappa shape index (κ3) is 2.66. The van der Waals surface area contributed by atoms with Crippen molar-refractivity contribution in [2.45, 2.75) is 26.0 Å². The van der Waals surface area contributed by atoms with Crippen LogP contribution in [0.2, 0.25) is 0 Å². The number of hydrazine groups is 1. The van der Waals surface area contributed by atoms with Gasteiger partial charge in [-0.15, -0.1) is 0 Å². The number of nitrogens with two attached hydrogens (primary N) is 1. The van der Waals surface area contributed by atoms with Crippen LogP contribution in [0.4, 0.5) is 0 Å². The van der Waals surface area contributed by atoms with Gasteiger partial charge in [0.25, 0.3) is 0 Å². The van der Waals surface area contributed by atoms with Gasteiger partial charge in [-0.3, -0.25) is 15.1 Å². The van der Waals surface area contributed by atoms with Gasteiger partial charge >= 0.3 is 5.91 Å². The van der Waals surface area contributed by atoms with Crippen molar-refractivity contribution in [3.05, 3.63) is 23.2 Å². The lowest BCUT2D eigenvalue weighted by atomic mass is 10.2. The molecule has 4 N–H and O–H groups in total. The minimum absolute atomic E-state index is 0.252. The molecule has 1 amide bonds. The van der Waals surface area contributed by atoms with E-state index in [2.05, 4.69) is 4.90 Å². The van der Waals surface area contributed by atoms with Crippen LogP contribution in [-0.2, 0) is 6.54 Å². The Hall–Kier alpha value is -1.37. The summed E-state index contributed by atoms with van der Waals surface area (Å²) < 4.78 is 5.45. The van der Waals surface area contributed by atoms with Crippen molar-refractivity contribution >= 4 is 5.91 Å². The van der Waals surface area contributed by atoms with Crippen LogP contribution in [0.3, 0.4) is 0 Å². The Bertz CT molecular complexity index is 416. The van der Waals surface area contributed by atoms with Gasteiger partial charge in [-0.1, -0.05) is 0 Å². The molecular formula is C11H17N3O3. The highest BCUT2D eigenvalue weighted by Gasteiger charge is 2.22. The lowest BCUT2D eigenvalue weighted by Gasteiger charge is -2.12. The molecule has 6 heteroatoms. The average Bonchev–Trinajstić information content (AvgIpc) is 2.85. The fourth-order valence-corrected chi connectivity index (χ4v) is 2.09. The van der Waals surface area contributed by atoms with Gasteiger partial charge in [-0.2, -0.15) is 0 Å². The second kappa shape index (κ2) is 4.87. The number of nitrogens with zero attached hydrogens (tertiary/aromatic N) is 1. The van der Waals surface area contributed by atoms with Crippen molar-refractivity contribution in [2.24, 2.45) is 5.84 Å². The zero-order valence-corrected chi connectivity index (χ0v) is 9.77. The summed E-state index contributed by atoms with van der Waals surface area (Å²) in [7, 11) is 0. The highest BCUT2D eigenvalue weighted by Crippen LogP contribution is 2.18. The molecule has 1 unspecified atom stereocenters. The van der Waals surface area contributed by atoms with Crippen LogP contribution in [-0.4, -0.2) is 35.1 Å². The van der Waals surface area contributed by atoms with E-state index < -0.39 is 5.91 Å². The maximum atomic E-state index is 11.4. The summed E-state index contributed by atoms with van der Waals surface area (Å²) in [5.41, 5.74) is 2.82. The number of nitrogens with one attached hydrogen (secondary N) is 1. The van der Waals surface area contributed by atoms with E-state index in [0.29, 0.717) is 13.1 Å². The van der Waals surface area contributed by atoms with Gasteiger partial charge < -0.3 is 9.52 Å². The fraction of sp³-hybridized carbons (Fsp3) is 0.545. The lowest BCUT2D eigenvalue weighted by Crippen LogP contribution is -2.30.